The Bertz CT molecular complexity index is 838. The Morgan fingerprint density at radius 1 is 1.10 bits per heavy atom. The molecular weight excluding hydrogens is 380 g/mol. The Morgan fingerprint density at radius 3 is 2.40 bits per heavy atom. The van der Waals surface area contributed by atoms with Crippen LogP contribution >= 0.6 is 0 Å². The lowest BCUT2D eigenvalue weighted by Crippen LogP contribution is -2.37. The first kappa shape index (κ1) is 21.8. The lowest BCUT2D eigenvalue weighted by molar-refractivity contribution is 0.0507. The number of carbonyl (C=O) groups is 2. The average Bonchev–Trinajstić information content (AvgIpc) is 3.20. The van der Waals surface area contributed by atoms with Crippen molar-refractivity contribution in [3.05, 3.63) is 65.7 Å². The Labute approximate surface area is 178 Å². The van der Waals surface area contributed by atoms with Gasteiger partial charge in [-0.05, 0) is 63.4 Å². The normalized spacial score (nSPS) is 16.2. The summed E-state index contributed by atoms with van der Waals surface area (Å²) in [5.74, 6) is -0.0572. The van der Waals surface area contributed by atoms with Gasteiger partial charge >= 0.3 is 6.09 Å². The molecule has 0 radical (unpaired) electrons. The maximum Gasteiger partial charge on any atom is 0.412 e. The molecule has 0 spiro atoms. The monoisotopic (exact) mass is 410 g/mol. The zero-order valence-corrected chi connectivity index (χ0v) is 17.9. The van der Waals surface area contributed by atoms with E-state index in [2.05, 4.69) is 5.32 Å². The molecule has 1 aliphatic heterocycles. The number of hydrogen-bond donors (Lipinski definition) is 1. The highest BCUT2D eigenvalue weighted by atomic mass is 16.6. The molecule has 6 nitrogen and oxygen atoms in total. The van der Waals surface area contributed by atoms with E-state index in [1.54, 1.807) is 24.3 Å². The van der Waals surface area contributed by atoms with Gasteiger partial charge in [-0.15, -0.1) is 0 Å². The summed E-state index contributed by atoms with van der Waals surface area (Å²) in [7, 11) is 0. The number of rotatable bonds is 6. The minimum Gasteiger partial charge on any atom is -0.444 e. The zero-order valence-electron chi connectivity index (χ0n) is 17.9. The largest absolute Gasteiger partial charge is 0.444 e. The first-order chi connectivity index (χ1) is 14.3. The Hall–Kier alpha value is -2.86. The molecule has 1 atom stereocenters. The van der Waals surface area contributed by atoms with Gasteiger partial charge in [0, 0.05) is 30.9 Å². The molecule has 1 heterocycles. The van der Waals surface area contributed by atoms with Gasteiger partial charge in [-0.2, -0.15) is 0 Å². The van der Waals surface area contributed by atoms with Crippen LogP contribution in [0, 0.1) is 0 Å². The van der Waals surface area contributed by atoms with Crippen LogP contribution in [0.15, 0.2) is 54.6 Å². The van der Waals surface area contributed by atoms with Crippen molar-refractivity contribution in [1.29, 1.82) is 0 Å². The Morgan fingerprint density at radius 2 is 1.80 bits per heavy atom. The Balaban J connectivity index is 1.69. The first-order valence-electron chi connectivity index (χ1n) is 10.3. The predicted octanol–water partition coefficient (Wildman–Crippen LogP) is 4.86. The van der Waals surface area contributed by atoms with Gasteiger partial charge in [0.25, 0.3) is 5.91 Å². The van der Waals surface area contributed by atoms with Gasteiger partial charge in [0.2, 0.25) is 0 Å². The van der Waals surface area contributed by atoms with E-state index in [-0.39, 0.29) is 12.0 Å². The topological polar surface area (TPSA) is 67.9 Å². The average molecular weight is 411 g/mol. The summed E-state index contributed by atoms with van der Waals surface area (Å²) in [5.41, 5.74) is 1.65. The number of anilines is 1. The SMILES string of the molecule is CC(C)(C)OC(=O)Nc1ccc(C(=O)N(Cc2ccccc2)CC2CCCO2)cc1. The summed E-state index contributed by atoms with van der Waals surface area (Å²) < 4.78 is 11.0. The highest BCUT2D eigenvalue weighted by Gasteiger charge is 2.24. The molecular formula is C24H30N2O4. The van der Waals surface area contributed by atoms with Crippen molar-refractivity contribution in [2.24, 2.45) is 0 Å². The fraction of sp³-hybridized carbons (Fsp3) is 0.417. The molecule has 0 bridgehead atoms. The molecule has 1 fully saturated rings. The van der Waals surface area contributed by atoms with E-state index in [9.17, 15) is 9.59 Å². The third-order valence-corrected chi connectivity index (χ3v) is 4.73. The molecule has 1 aliphatic rings. The van der Waals surface area contributed by atoms with Crippen molar-refractivity contribution in [3.8, 4) is 0 Å². The van der Waals surface area contributed by atoms with Crippen LogP contribution in [-0.4, -0.2) is 41.8 Å². The van der Waals surface area contributed by atoms with E-state index in [4.69, 9.17) is 9.47 Å². The number of amides is 2. The second-order valence-corrected chi connectivity index (χ2v) is 8.51. The molecule has 2 amide bonds. The smallest absolute Gasteiger partial charge is 0.412 e. The highest BCUT2D eigenvalue weighted by molar-refractivity contribution is 5.95. The van der Waals surface area contributed by atoms with Gasteiger partial charge in [-0.25, -0.2) is 4.79 Å². The maximum atomic E-state index is 13.2. The van der Waals surface area contributed by atoms with Crippen molar-refractivity contribution in [2.45, 2.75) is 51.9 Å². The zero-order chi connectivity index (χ0) is 21.6. The van der Waals surface area contributed by atoms with E-state index in [1.807, 2.05) is 56.0 Å². The molecule has 30 heavy (non-hydrogen) atoms. The van der Waals surface area contributed by atoms with Gasteiger partial charge in [0.1, 0.15) is 5.60 Å². The standard InChI is InChI=1S/C24H30N2O4/c1-24(2,3)30-23(28)25-20-13-11-19(12-14-20)22(27)26(17-21-10-7-15-29-21)16-18-8-5-4-6-9-18/h4-6,8-9,11-14,21H,7,10,15-17H2,1-3H3,(H,25,28). The highest BCUT2D eigenvalue weighted by Crippen LogP contribution is 2.19. The molecule has 2 aromatic carbocycles. The summed E-state index contributed by atoms with van der Waals surface area (Å²) in [6.07, 6.45) is 1.55. The molecule has 2 aromatic rings. The fourth-order valence-electron chi connectivity index (χ4n) is 3.36. The van der Waals surface area contributed by atoms with E-state index in [1.165, 1.54) is 0 Å². The maximum absolute atomic E-state index is 13.2. The van der Waals surface area contributed by atoms with Gasteiger partial charge in [0.05, 0.1) is 6.10 Å². The van der Waals surface area contributed by atoms with Gasteiger partial charge in [-0.1, -0.05) is 30.3 Å². The second-order valence-electron chi connectivity index (χ2n) is 8.51. The summed E-state index contributed by atoms with van der Waals surface area (Å²) in [6, 6.07) is 16.8. The van der Waals surface area contributed by atoms with E-state index in [0.29, 0.717) is 24.3 Å². The molecule has 6 heteroatoms. The molecule has 3 rings (SSSR count). The summed E-state index contributed by atoms with van der Waals surface area (Å²) in [6.45, 7) is 7.27. The van der Waals surface area contributed by atoms with Crippen molar-refractivity contribution in [2.75, 3.05) is 18.5 Å². The quantitative estimate of drug-likeness (QED) is 0.739. The number of ether oxygens (including phenoxy) is 2. The van der Waals surface area contributed by atoms with Crippen molar-refractivity contribution < 1.29 is 19.1 Å². The lowest BCUT2D eigenvalue weighted by atomic mass is 10.1. The fourth-order valence-corrected chi connectivity index (χ4v) is 3.36. The van der Waals surface area contributed by atoms with E-state index < -0.39 is 11.7 Å². The van der Waals surface area contributed by atoms with Gasteiger partial charge in [0.15, 0.2) is 0 Å². The molecule has 0 aromatic heterocycles. The van der Waals surface area contributed by atoms with Crippen molar-refractivity contribution in [1.82, 2.24) is 4.90 Å². The van der Waals surface area contributed by atoms with E-state index in [0.717, 1.165) is 25.0 Å². The van der Waals surface area contributed by atoms with Crippen LogP contribution in [0.5, 0.6) is 0 Å². The van der Waals surface area contributed by atoms with Gasteiger partial charge < -0.3 is 14.4 Å². The third-order valence-electron chi connectivity index (χ3n) is 4.73. The minimum absolute atomic E-state index is 0.0572. The number of nitrogens with zero attached hydrogens (tertiary/aromatic N) is 1. The van der Waals surface area contributed by atoms with Crippen molar-refractivity contribution in [3.63, 3.8) is 0 Å². The molecule has 1 N–H and O–H groups in total. The van der Waals surface area contributed by atoms with Gasteiger partial charge in [-0.3, -0.25) is 10.1 Å². The number of carbonyl (C=O) groups excluding carboxylic acids is 2. The van der Waals surface area contributed by atoms with Crippen molar-refractivity contribution >= 4 is 17.7 Å². The van der Waals surface area contributed by atoms with E-state index >= 15 is 0 Å². The molecule has 0 saturated carbocycles. The number of benzene rings is 2. The Kier molecular flexibility index (Phi) is 7.11. The van der Waals surface area contributed by atoms with Crippen LogP contribution in [0.3, 0.4) is 0 Å². The summed E-state index contributed by atoms with van der Waals surface area (Å²) in [5, 5.41) is 2.69. The molecule has 0 aliphatic carbocycles. The summed E-state index contributed by atoms with van der Waals surface area (Å²) in [4.78, 5) is 27.0. The second kappa shape index (κ2) is 9.76. The number of hydrogen-bond acceptors (Lipinski definition) is 4. The van der Waals surface area contributed by atoms with Crippen LogP contribution in [0.25, 0.3) is 0 Å². The summed E-state index contributed by atoms with van der Waals surface area (Å²) >= 11 is 0. The first-order valence-corrected chi connectivity index (χ1v) is 10.3. The van der Waals surface area contributed by atoms with Crippen LogP contribution in [0.1, 0.15) is 49.5 Å². The molecule has 160 valence electrons. The molecule has 1 saturated heterocycles. The minimum atomic E-state index is -0.569. The van der Waals surface area contributed by atoms with Crippen LogP contribution in [-0.2, 0) is 16.0 Å². The lowest BCUT2D eigenvalue weighted by Gasteiger charge is -2.26. The van der Waals surface area contributed by atoms with Crippen LogP contribution in [0.4, 0.5) is 10.5 Å². The third kappa shape index (κ3) is 6.59. The van der Waals surface area contributed by atoms with Crippen LogP contribution in [0.2, 0.25) is 0 Å². The number of nitrogens with one attached hydrogen (secondary N) is 1. The predicted molar refractivity (Wildman–Crippen MR) is 116 cm³/mol. The molecule has 1 unspecified atom stereocenters. The van der Waals surface area contributed by atoms with Crippen LogP contribution < -0.4 is 5.32 Å².